The summed E-state index contributed by atoms with van der Waals surface area (Å²) in [7, 11) is 3.66. The average molecular weight is 405 g/mol. The Balaban J connectivity index is 2.42. The highest BCUT2D eigenvalue weighted by Gasteiger charge is 2.17. The largest absolute Gasteiger partial charge is 0.496 e. The first-order valence-electron chi connectivity index (χ1n) is 5.83. The van der Waals surface area contributed by atoms with Crippen LogP contribution in [0.4, 0.5) is 0 Å². The molecule has 0 fully saturated rings. The Kier molecular flexibility index (Phi) is 5.06. The van der Waals surface area contributed by atoms with E-state index < -0.39 is 0 Å². The topological polar surface area (TPSA) is 21.3 Å². The molecular weight excluding hydrogens is 390 g/mol. The molecule has 2 rings (SSSR count). The molecule has 5 heteroatoms. The highest BCUT2D eigenvalue weighted by atomic mass is 79.9. The number of methoxy groups -OCH3 is 1. The van der Waals surface area contributed by atoms with Gasteiger partial charge in [0.15, 0.2) is 0 Å². The second-order valence-electron chi connectivity index (χ2n) is 4.18. The van der Waals surface area contributed by atoms with E-state index in [2.05, 4.69) is 62.3 Å². The molecule has 0 aliphatic heterocycles. The molecule has 2 nitrogen and oxygen atoms in total. The second-order valence-corrected chi connectivity index (χ2v) is 7.67. The molecule has 0 saturated heterocycles. The van der Waals surface area contributed by atoms with E-state index in [-0.39, 0.29) is 6.04 Å². The van der Waals surface area contributed by atoms with Crippen LogP contribution in [-0.4, -0.2) is 14.2 Å². The zero-order valence-corrected chi connectivity index (χ0v) is 14.9. The van der Waals surface area contributed by atoms with Crippen LogP contribution in [0.5, 0.6) is 5.75 Å². The number of thiophene rings is 1. The highest BCUT2D eigenvalue weighted by molar-refractivity contribution is 9.11. The van der Waals surface area contributed by atoms with Crippen LogP contribution >= 0.6 is 43.2 Å². The van der Waals surface area contributed by atoms with Gasteiger partial charge in [-0.3, -0.25) is 0 Å². The number of ether oxygens (including phenoxy) is 1. The number of halogens is 2. The molecule has 1 aromatic heterocycles. The van der Waals surface area contributed by atoms with Gasteiger partial charge < -0.3 is 10.1 Å². The summed E-state index contributed by atoms with van der Waals surface area (Å²) >= 11 is 8.85. The van der Waals surface area contributed by atoms with Gasteiger partial charge in [0.2, 0.25) is 0 Å². The number of aryl methyl sites for hydroxylation is 1. The summed E-state index contributed by atoms with van der Waals surface area (Å²) in [5.74, 6) is 0.849. The van der Waals surface area contributed by atoms with Crippen LogP contribution in [-0.2, 0) is 0 Å². The SMILES string of the molecule is CNC(c1ccc(OC)c(Br)c1)c1cc(Br)sc1C. The zero-order valence-electron chi connectivity index (χ0n) is 11.0. The van der Waals surface area contributed by atoms with Gasteiger partial charge in [-0.15, -0.1) is 11.3 Å². The molecule has 1 heterocycles. The molecule has 1 unspecified atom stereocenters. The van der Waals surface area contributed by atoms with E-state index in [1.807, 2.05) is 13.1 Å². The second kappa shape index (κ2) is 6.39. The van der Waals surface area contributed by atoms with Crippen LogP contribution in [0.3, 0.4) is 0 Å². The van der Waals surface area contributed by atoms with Gasteiger partial charge in [0.05, 0.1) is 21.4 Å². The molecule has 2 aromatic rings. The van der Waals surface area contributed by atoms with Crippen LogP contribution in [0, 0.1) is 6.92 Å². The molecule has 1 N–H and O–H groups in total. The fourth-order valence-electron chi connectivity index (χ4n) is 2.11. The number of benzene rings is 1. The molecule has 0 saturated carbocycles. The summed E-state index contributed by atoms with van der Waals surface area (Å²) in [6, 6.07) is 8.55. The Bertz CT molecular complexity index is 583. The van der Waals surface area contributed by atoms with Gasteiger partial charge in [-0.1, -0.05) is 6.07 Å². The minimum atomic E-state index is 0.185. The highest BCUT2D eigenvalue weighted by Crippen LogP contribution is 2.35. The first-order chi connectivity index (χ1) is 9.06. The molecule has 0 spiro atoms. The lowest BCUT2D eigenvalue weighted by atomic mass is 9.99. The predicted molar refractivity (Wildman–Crippen MR) is 88.4 cm³/mol. The maximum absolute atomic E-state index is 5.27. The van der Waals surface area contributed by atoms with Crippen molar-refractivity contribution in [1.29, 1.82) is 0 Å². The third-order valence-corrected chi connectivity index (χ3v) is 5.22. The summed E-state index contributed by atoms with van der Waals surface area (Å²) in [5.41, 5.74) is 2.51. The Morgan fingerprint density at radius 1 is 1.26 bits per heavy atom. The molecule has 1 aromatic carbocycles. The maximum atomic E-state index is 5.27. The molecule has 102 valence electrons. The zero-order chi connectivity index (χ0) is 14.0. The molecule has 0 bridgehead atoms. The molecule has 19 heavy (non-hydrogen) atoms. The van der Waals surface area contributed by atoms with Crippen molar-refractivity contribution in [2.75, 3.05) is 14.2 Å². The number of nitrogens with one attached hydrogen (secondary N) is 1. The van der Waals surface area contributed by atoms with E-state index in [0.29, 0.717) is 0 Å². The molecular formula is C14H15Br2NOS. The first-order valence-corrected chi connectivity index (χ1v) is 8.23. The molecule has 0 aliphatic carbocycles. The summed E-state index contributed by atoms with van der Waals surface area (Å²) in [6.07, 6.45) is 0. The normalized spacial score (nSPS) is 12.5. The third-order valence-electron chi connectivity index (χ3n) is 3.03. The predicted octanol–water partition coefficient (Wildman–Crippen LogP) is 4.90. The molecule has 0 aliphatic rings. The monoisotopic (exact) mass is 403 g/mol. The standard InChI is InChI=1S/C14H15Br2NOS/c1-8-10(7-13(16)19-8)14(17-2)9-4-5-12(18-3)11(15)6-9/h4-7,14,17H,1-3H3. The minimum Gasteiger partial charge on any atom is -0.496 e. The van der Waals surface area contributed by atoms with Gasteiger partial charge in [0, 0.05) is 4.88 Å². The lowest BCUT2D eigenvalue weighted by Gasteiger charge is -2.18. The van der Waals surface area contributed by atoms with Crippen molar-refractivity contribution in [2.45, 2.75) is 13.0 Å². The fourth-order valence-corrected chi connectivity index (χ4v) is 4.42. The van der Waals surface area contributed by atoms with Crippen molar-refractivity contribution in [2.24, 2.45) is 0 Å². The summed E-state index contributed by atoms with van der Waals surface area (Å²) in [4.78, 5) is 1.32. The minimum absolute atomic E-state index is 0.185. The summed E-state index contributed by atoms with van der Waals surface area (Å²) in [6.45, 7) is 2.15. The Labute approximate surface area is 134 Å². The third kappa shape index (κ3) is 3.21. The quantitative estimate of drug-likeness (QED) is 0.782. The average Bonchev–Trinajstić information content (AvgIpc) is 2.70. The van der Waals surface area contributed by atoms with Crippen molar-refractivity contribution in [3.05, 3.63) is 48.5 Å². The molecule has 0 amide bonds. The van der Waals surface area contributed by atoms with Crippen molar-refractivity contribution in [1.82, 2.24) is 5.32 Å². The number of hydrogen-bond donors (Lipinski definition) is 1. The van der Waals surface area contributed by atoms with E-state index in [9.17, 15) is 0 Å². The Morgan fingerprint density at radius 2 is 2.00 bits per heavy atom. The van der Waals surface area contributed by atoms with Crippen LogP contribution < -0.4 is 10.1 Å². The van der Waals surface area contributed by atoms with Gasteiger partial charge in [0.1, 0.15) is 5.75 Å². The van der Waals surface area contributed by atoms with Crippen LogP contribution in [0.25, 0.3) is 0 Å². The van der Waals surface area contributed by atoms with Gasteiger partial charge in [-0.25, -0.2) is 0 Å². The number of rotatable bonds is 4. The number of hydrogen-bond acceptors (Lipinski definition) is 3. The van der Waals surface area contributed by atoms with Crippen molar-refractivity contribution < 1.29 is 4.74 Å². The van der Waals surface area contributed by atoms with Crippen LogP contribution in [0.2, 0.25) is 0 Å². The van der Waals surface area contributed by atoms with Gasteiger partial charge in [-0.05, 0) is 75.2 Å². The van der Waals surface area contributed by atoms with Gasteiger partial charge in [0.25, 0.3) is 0 Å². The maximum Gasteiger partial charge on any atom is 0.133 e. The van der Waals surface area contributed by atoms with E-state index in [0.717, 1.165) is 14.0 Å². The first kappa shape index (κ1) is 15.0. The van der Waals surface area contributed by atoms with Crippen LogP contribution in [0.1, 0.15) is 22.0 Å². The van der Waals surface area contributed by atoms with E-state index >= 15 is 0 Å². The van der Waals surface area contributed by atoms with Crippen molar-refractivity contribution >= 4 is 43.2 Å². The van der Waals surface area contributed by atoms with E-state index in [1.54, 1.807) is 18.4 Å². The lowest BCUT2D eigenvalue weighted by molar-refractivity contribution is 0.412. The smallest absolute Gasteiger partial charge is 0.133 e. The molecule has 0 radical (unpaired) electrons. The Hall–Kier alpha value is -0.360. The lowest BCUT2D eigenvalue weighted by Crippen LogP contribution is -2.17. The molecule has 1 atom stereocenters. The summed E-state index contributed by atoms with van der Waals surface area (Å²) < 4.78 is 7.41. The van der Waals surface area contributed by atoms with E-state index in [4.69, 9.17) is 4.74 Å². The summed E-state index contributed by atoms with van der Waals surface area (Å²) in [5, 5.41) is 3.38. The fraction of sp³-hybridized carbons (Fsp3) is 0.286. The van der Waals surface area contributed by atoms with Crippen molar-refractivity contribution in [3.8, 4) is 5.75 Å². The van der Waals surface area contributed by atoms with Crippen molar-refractivity contribution in [3.63, 3.8) is 0 Å². The van der Waals surface area contributed by atoms with Gasteiger partial charge >= 0.3 is 0 Å². The van der Waals surface area contributed by atoms with E-state index in [1.165, 1.54) is 16.0 Å². The van der Waals surface area contributed by atoms with Crippen LogP contribution in [0.15, 0.2) is 32.5 Å². The van der Waals surface area contributed by atoms with Gasteiger partial charge in [-0.2, -0.15) is 0 Å². The Morgan fingerprint density at radius 3 is 2.47 bits per heavy atom.